The summed E-state index contributed by atoms with van der Waals surface area (Å²) in [6.45, 7) is 1.81. The molecule has 0 saturated heterocycles. The van der Waals surface area contributed by atoms with Crippen molar-refractivity contribution in [2.75, 3.05) is 0 Å². The Hall–Kier alpha value is -1.04. The van der Waals surface area contributed by atoms with E-state index in [0.29, 0.717) is 5.46 Å². The Balaban J connectivity index is 2.69. The molecule has 3 N–H and O–H groups in total. The summed E-state index contributed by atoms with van der Waals surface area (Å²) < 4.78 is 0.949. The molecule has 72 valence electrons. The standard InChI is InChI=1S/C9H9BO3S/c1-5-7-4-6(10(12)13)2-3-8(7)14-9(5)11/h2-4,11-13H,1H3. The van der Waals surface area contributed by atoms with Crippen LogP contribution in [0.25, 0.3) is 10.1 Å². The topological polar surface area (TPSA) is 60.7 Å². The van der Waals surface area contributed by atoms with Gasteiger partial charge in [0, 0.05) is 10.3 Å². The van der Waals surface area contributed by atoms with Gasteiger partial charge in [-0.3, -0.25) is 0 Å². The molecule has 2 aromatic rings. The van der Waals surface area contributed by atoms with E-state index in [1.807, 2.05) is 6.92 Å². The van der Waals surface area contributed by atoms with Crippen LogP contribution in [-0.2, 0) is 0 Å². The number of hydrogen-bond donors (Lipinski definition) is 3. The zero-order chi connectivity index (χ0) is 10.3. The molecule has 0 aliphatic rings. The van der Waals surface area contributed by atoms with Crippen molar-refractivity contribution in [1.29, 1.82) is 0 Å². The van der Waals surface area contributed by atoms with E-state index >= 15 is 0 Å². The van der Waals surface area contributed by atoms with Gasteiger partial charge in [0.05, 0.1) is 0 Å². The van der Waals surface area contributed by atoms with E-state index in [4.69, 9.17) is 10.0 Å². The summed E-state index contributed by atoms with van der Waals surface area (Å²) >= 11 is 1.29. The largest absolute Gasteiger partial charge is 0.499 e. The SMILES string of the molecule is Cc1c(O)sc2ccc(B(O)O)cc12. The average molecular weight is 208 g/mol. The normalized spacial score (nSPS) is 10.8. The monoisotopic (exact) mass is 208 g/mol. The number of thiophene rings is 1. The minimum absolute atomic E-state index is 0.282. The van der Waals surface area contributed by atoms with Crippen molar-refractivity contribution in [2.45, 2.75) is 6.92 Å². The highest BCUT2D eigenvalue weighted by Gasteiger charge is 2.13. The number of aromatic hydroxyl groups is 1. The van der Waals surface area contributed by atoms with Crippen molar-refractivity contribution in [3.63, 3.8) is 0 Å². The Morgan fingerprint density at radius 3 is 2.64 bits per heavy atom. The van der Waals surface area contributed by atoms with Crippen LogP contribution in [0.4, 0.5) is 0 Å². The fourth-order valence-electron chi connectivity index (χ4n) is 1.39. The zero-order valence-corrected chi connectivity index (χ0v) is 8.38. The Morgan fingerprint density at radius 1 is 1.29 bits per heavy atom. The molecule has 2 rings (SSSR count). The lowest BCUT2D eigenvalue weighted by atomic mass is 9.80. The summed E-state index contributed by atoms with van der Waals surface area (Å²) in [5.74, 6) is 0. The van der Waals surface area contributed by atoms with Gasteiger partial charge in [-0.15, -0.1) is 0 Å². The van der Waals surface area contributed by atoms with E-state index < -0.39 is 7.12 Å². The lowest BCUT2D eigenvalue weighted by Gasteiger charge is -1.99. The second-order valence-corrected chi connectivity index (χ2v) is 4.19. The van der Waals surface area contributed by atoms with Crippen LogP contribution in [0, 0.1) is 6.92 Å². The van der Waals surface area contributed by atoms with Gasteiger partial charge in [-0.1, -0.05) is 23.5 Å². The second-order valence-electron chi connectivity index (χ2n) is 3.16. The van der Waals surface area contributed by atoms with Gasteiger partial charge in [0.15, 0.2) is 5.06 Å². The molecule has 14 heavy (non-hydrogen) atoms. The number of benzene rings is 1. The van der Waals surface area contributed by atoms with Crippen LogP contribution < -0.4 is 5.46 Å². The van der Waals surface area contributed by atoms with E-state index in [1.165, 1.54) is 11.3 Å². The van der Waals surface area contributed by atoms with E-state index in [9.17, 15) is 5.11 Å². The summed E-state index contributed by atoms with van der Waals surface area (Å²) in [7, 11) is -1.46. The van der Waals surface area contributed by atoms with Crippen molar-refractivity contribution < 1.29 is 15.2 Å². The van der Waals surface area contributed by atoms with Crippen molar-refractivity contribution in [1.82, 2.24) is 0 Å². The van der Waals surface area contributed by atoms with Crippen molar-refractivity contribution in [2.24, 2.45) is 0 Å². The molecule has 1 aromatic heterocycles. The van der Waals surface area contributed by atoms with Gasteiger partial charge in [-0.25, -0.2) is 0 Å². The average Bonchev–Trinajstić information content (AvgIpc) is 2.43. The predicted octanol–water partition coefficient (Wildman–Crippen LogP) is 0.595. The molecule has 1 heterocycles. The molecular formula is C9H9BO3S. The van der Waals surface area contributed by atoms with E-state index in [2.05, 4.69) is 0 Å². The Bertz CT molecular complexity index is 478. The number of aryl methyl sites for hydroxylation is 1. The molecule has 0 radical (unpaired) electrons. The highest BCUT2D eigenvalue weighted by atomic mass is 32.1. The van der Waals surface area contributed by atoms with Crippen LogP contribution in [0.5, 0.6) is 5.06 Å². The van der Waals surface area contributed by atoms with Crippen LogP contribution in [0.1, 0.15) is 5.56 Å². The lowest BCUT2D eigenvalue weighted by Crippen LogP contribution is -2.29. The number of hydrogen-bond acceptors (Lipinski definition) is 4. The molecule has 0 aliphatic heterocycles. The lowest BCUT2D eigenvalue weighted by molar-refractivity contribution is 0.426. The summed E-state index contributed by atoms with van der Waals surface area (Å²) in [6.07, 6.45) is 0. The third kappa shape index (κ3) is 1.39. The van der Waals surface area contributed by atoms with E-state index in [0.717, 1.165) is 15.6 Å². The van der Waals surface area contributed by atoms with Crippen LogP contribution in [0.3, 0.4) is 0 Å². The van der Waals surface area contributed by atoms with Crippen LogP contribution in [0.2, 0.25) is 0 Å². The van der Waals surface area contributed by atoms with Gasteiger partial charge in [0.1, 0.15) is 0 Å². The zero-order valence-electron chi connectivity index (χ0n) is 7.56. The van der Waals surface area contributed by atoms with Crippen molar-refractivity contribution in [3.05, 3.63) is 23.8 Å². The molecular weight excluding hydrogens is 199 g/mol. The predicted molar refractivity (Wildman–Crippen MR) is 58.1 cm³/mol. The van der Waals surface area contributed by atoms with Crippen molar-refractivity contribution in [3.8, 4) is 5.06 Å². The molecule has 0 bridgehead atoms. The van der Waals surface area contributed by atoms with E-state index in [-0.39, 0.29) is 5.06 Å². The Kier molecular flexibility index (Phi) is 2.22. The molecule has 5 heteroatoms. The molecule has 0 amide bonds. The molecule has 0 spiro atoms. The summed E-state index contributed by atoms with van der Waals surface area (Å²) in [4.78, 5) is 0. The maximum atomic E-state index is 9.47. The smallest absolute Gasteiger partial charge is 0.488 e. The maximum absolute atomic E-state index is 9.47. The fourth-order valence-corrected chi connectivity index (χ4v) is 2.32. The van der Waals surface area contributed by atoms with E-state index in [1.54, 1.807) is 18.2 Å². The first-order valence-electron chi connectivity index (χ1n) is 4.17. The van der Waals surface area contributed by atoms with Gasteiger partial charge in [0.25, 0.3) is 0 Å². The Morgan fingerprint density at radius 2 is 2.00 bits per heavy atom. The minimum atomic E-state index is -1.46. The summed E-state index contributed by atoms with van der Waals surface area (Å²) in [6, 6.07) is 5.11. The van der Waals surface area contributed by atoms with Gasteiger partial charge in [-0.05, 0) is 23.8 Å². The highest BCUT2D eigenvalue weighted by molar-refractivity contribution is 7.20. The summed E-state index contributed by atoms with van der Waals surface area (Å²) in [5, 5.41) is 28.6. The van der Waals surface area contributed by atoms with Gasteiger partial charge in [-0.2, -0.15) is 0 Å². The molecule has 0 atom stereocenters. The number of fused-ring (bicyclic) bond motifs is 1. The molecule has 3 nitrogen and oxygen atoms in total. The quantitative estimate of drug-likeness (QED) is 0.601. The van der Waals surface area contributed by atoms with Crippen molar-refractivity contribution >= 4 is 34.0 Å². The van der Waals surface area contributed by atoms with Gasteiger partial charge >= 0.3 is 7.12 Å². The number of rotatable bonds is 1. The fraction of sp³-hybridized carbons (Fsp3) is 0.111. The molecule has 0 fully saturated rings. The van der Waals surface area contributed by atoms with Crippen LogP contribution >= 0.6 is 11.3 Å². The molecule has 0 aliphatic carbocycles. The first-order valence-corrected chi connectivity index (χ1v) is 4.99. The highest BCUT2D eigenvalue weighted by Crippen LogP contribution is 2.34. The first-order chi connectivity index (χ1) is 6.59. The molecule has 1 aromatic carbocycles. The second kappa shape index (κ2) is 3.27. The third-order valence-electron chi connectivity index (χ3n) is 2.23. The maximum Gasteiger partial charge on any atom is 0.488 e. The summed E-state index contributed by atoms with van der Waals surface area (Å²) in [5.41, 5.74) is 1.23. The van der Waals surface area contributed by atoms with Crippen LogP contribution in [0.15, 0.2) is 18.2 Å². The Labute approximate surface area is 85.4 Å². The van der Waals surface area contributed by atoms with Crippen LogP contribution in [-0.4, -0.2) is 22.3 Å². The molecule has 0 unspecified atom stereocenters. The van der Waals surface area contributed by atoms with Gasteiger partial charge < -0.3 is 15.2 Å². The minimum Gasteiger partial charge on any atom is -0.499 e. The first kappa shape index (κ1) is 9.52. The third-order valence-corrected chi connectivity index (χ3v) is 3.31. The molecule has 0 saturated carbocycles. The van der Waals surface area contributed by atoms with Gasteiger partial charge in [0.2, 0.25) is 0 Å².